The van der Waals surface area contributed by atoms with Gasteiger partial charge in [-0.15, -0.1) is 0 Å². The van der Waals surface area contributed by atoms with Crippen molar-refractivity contribution < 1.29 is 17.9 Å². The van der Waals surface area contributed by atoms with Crippen LogP contribution < -0.4 is 14.8 Å². The Kier molecular flexibility index (Phi) is 6.56. The largest absolute Gasteiger partial charge is 0.494 e. The number of aryl methyl sites for hydroxylation is 1. The molecular formula is C25H26N4O4S. The highest BCUT2D eigenvalue weighted by atomic mass is 32.2. The summed E-state index contributed by atoms with van der Waals surface area (Å²) in [6, 6.07) is 11.8. The summed E-state index contributed by atoms with van der Waals surface area (Å²) in [5, 5.41) is 2.84. The highest BCUT2D eigenvalue weighted by Gasteiger charge is 2.22. The molecule has 0 radical (unpaired) electrons. The summed E-state index contributed by atoms with van der Waals surface area (Å²) in [6.07, 6.45) is 9.76. The van der Waals surface area contributed by atoms with Gasteiger partial charge in [-0.1, -0.05) is 36.4 Å². The van der Waals surface area contributed by atoms with E-state index in [0.29, 0.717) is 23.4 Å². The quantitative estimate of drug-likeness (QED) is 0.537. The van der Waals surface area contributed by atoms with Crippen LogP contribution >= 0.6 is 0 Å². The van der Waals surface area contributed by atoms with Crippen molar-refractivity contribution in [1.29, 1.82) is 0 Å². The molecule has 3 aromatic rings. The van der Waals surface area contributed by atoms with Crippen molar-refractivity contribution >= 4 is 27.2 Å². The molecule has 0 aliphatic heterocycles. The van der Waals surface area contributed by atoms with Gasteiger partial charge >= 0.3 is 0 Å². The number of hydrogen-bond donors (Lipinski definition) is 2. The van der Waals surface area contributed by atoms with Gasteiger partial charge in [-0.3, -0.25) is 9.52 Å². The molecule has 1 heterocycles. The molecule has 34 heavy (non-hydrogen) atoms. The lowest BCUT2D eigenvalue weighted by Gasteiger charge is -2.19. The zero-order valence-corrected chi connectivity index (χ0v) is 20.0. The Morgan fingerprint density at radius 2 is 2.00 bits per heavy atom. The number of methoxy groups -OCH3 is 1. The number of amides is 1. The van der Waals surface area contributed by atoms with E-state index >= 15 is 0 Å². The Labute approximate surface area is 199 Å². The molecule has 2 aromatic carbocycles. The number of carbonyl (C=O) groups excluding carboxylic acids is 1. The molecular weight excluding hydrogens is 452 g/mol. The maximum atomic E-state index is 13.4. The molecule has 0 fully saturated rings. The molecule has 1 aliphatic rings. The van der Waals surface area contributed by atoms with Crippen LogP contribution in [-0.4, -0.2) is 37.0 Å². The third kappa shape index (κ3) is 5.04. The summed E-state index contributed by atoms with van der Waals surface area (Å²) in [5.74, 6) is 0.399. The van der Waals surface area contributed by atoms with Crippen LogP contribution in [0.5, 0.6) is 5.75 Å². The average Bonchev–Trinajstić information content (AvgIpc) is 3.25. The predicted molar refractivity (Wildman–Crippen MR) is 131 cm³/mol. The van der Waals surface area contributed by atoms with Gasteiger partial charge in [-0.05, 0) is 37.1 Å². The van der Waals surface area contributed by atoms with E-state index in [-0.39, 0.29) is 16.8 Å². The van der Waals surface area contributed by atoms with Crippen LogP contribution in [-0.2, 0) is 14.8 Å². The number of nitrogens with one attached hydrogen (secondary N) is 2. The van der Waals surface area contributed by atoms with Gasteiger partial charge in [0.1, 0.15) is 5.75 Å². The van der Waals surface area contributed by atoms with Crippen molar-refractivity contribution in [2.24, 2.45) is 0 Å². The van der Waals surface area contributed by atoms with Crippen molar-refractivity contribution in [3.05, 3.63) is 84.5 Å². The number of rotatable bonds is 7. The normalized spacial score (nSPS) is 15.5. The molecule has 1 amide bonds. The first-order valence-electron chi connectivity index (χ1n) is 10.7. The van der Waals surface area contributed by atoms with Crippen molar-refractivity contribution in [1.82, 2.24) is 14.9 Å². The van der Waals surface area contributed by atoms with E-state index in [4.69, 9.17) is 4.74 Å². The number of benzene rings is 2. The van der Waals surface area contributed by atoms with Crippen LogP contribution in [0.1, 0.15) is 24.6 Å². The Morgan fingerprint density at radius 3 is 2.65 bits per heavy atom. The summed E-state index contributed by atoms with van der Waals surface area (Å²) in [7, 11) is -2.36. The van der Waals surface area contributed by atoms with Crippen LogP contribution in [0.15, 0.2) is 78.1 Å². The molecule has 2 N–H and O–H groups in total. The minimum atomic E-state index is -3.89. The van der Waals surface area contributed by atoms with Gasteiger partial charge < -0.3 is 14.6 Å². The van der Waals surface area contributed by atoms with Crippen LogP contribution in [0.4, 0.5) is 5.69 Å². The fourth-order valence-corrected chi connectivity index (χ4v) is 5.13. The Bertz CT molecular complexity index is 1390. The number of ether oxygens (including phenoxy) is 1. The Hall–Kier alpha value is -3.85. The van der Waals surface area contributed by atoms with Crippen molar-refractivity contribution in [3.8, 4) is 11.4 Å². The second kappa shape index (κ2) is 9.56. The van der Waals surface area contributed by atoms with E-state index in [1.165, 1.54) is 14.0 Å². The van der Waals surface area contributed by atoms with Crippen molar-refractivity contribution in [3.63, 3.8) is 0 Å². The summed E-state index contributed by atoms with van der Waals surface area (Å²) < 4.78 is 36.7. The van der Waals surface area contributed by atoms with Crippen LogP contribution in [0.3, 0.4) is 0 Å². The van der Waals surface area contributed by atoms with E-state index in [1.54, 1.807) is 48.8 Å². The molecule has 0 spiro atoms. The van der Waals surface area contributed by atoms with Crippen LogP contribution in [0, 0.1) is 6.92 Å². The molecule has 1 aromatic heterocycles. The number of hydrogen-bond acceptors (Lipinski definition) is 5. The molecule has 0 saturated heterocycles. The highest BCUT2D eigenvalue weighted by molar-refractivity contribution is 7.92. The smallest absolute Gasteiger partial charge is 0.262 e. The summed E-state index contributed by atoms with van der Waals surface area (Å²) in [5.41, 5.74) is 3.36. The van der Waals surface area contributed by atoms with Gasteiger partial charge in [0.15, 0.2) is 0 Å². The predicted octanol–water partition coefficient (Wildman–Crippen LogP) is 3.84. The minimum absolute atomic E-state index is 0.103. The lowest BCUT2D eigenvalue weighted by Crippen LogP contribution is -2.31. The highest BCUT2D eigenvalue weighted by Crippen LogP contribution is 2.31. The third-order valence-electron chi connectivity index (χ3n) is 5.40. The maximum absolute atomic E-state index is 13.4. The monoisotopic (exact) mass is 478 g/mol. The first-order chi connectivity index (χ1) is 16.3. The number of nitrogens with zero attached hydrogens (tertiary/aromatic N) is 2. The minimum Gasteiger partial charge on any atom is -0.494 e. The van der Waals surface area contributed by atoms with Crippen LogP contribution in [0.25, 0.3) is 11.3 Å². The lowest BCUT2D eigenvalue weighted by atomic mass is 9.97. The lowest BCUT2D eigenvalue weighted by molar-refractivity contribution is -0.119. The average molecular weight is 479 g/mol. The molecule has 8 nitrogen and oxygen atoms in total. The topological polar surface area (TPSA) is 102 Å². The first-order valence-corrected chi connectivity index (χ1v) is 12.2. The number of carbonyl (C=O) groups is 1. The fourth-order valence-electron chi connectivity index (χ4n) is 3.85. The molecule has 0 saturated carbocycles. The molecule has 4 rings (SSSR count). The Morgan fingerprint density at radius 1 is 1.21 bits per heavy atom. The van der Waals surface area contributed by atoms with E-state index in [2.05, 4.69) is 15.0 Å². The maximum Gasteiger partial charge on any atom is 0.262 e. The summed E-state index contributed by atoms with van der Waals surface area (Å²) in [6.45, 7) is 3.36. The number of allylic oxidation sites excluding steroid dienone is 2. The van der Waals surface area contributed by atoms with E-state index in [1.807, 2.05) is 35.9 Å². The zero-order chi connectivity index (χ0) is 24.3. The third-order valence-corrected chi connectivity index (χ3v) is 6.84. The van der Waals surface area contributed by atoms with Gasteiger partial charge in [0.25, 0.3) is 10.0 Å². The fraction of sp³-hybridized carbons (Fsp3) is 0.200. The summed E-state index contributed by atoms with van der Waals surface area (Å²) in [4.78, 5) is 15.7. The van der Waals surface area contributed by atoms with E-state index < -0.39 is 10.0 Å². The molecule has 1 aliphatic carbocycles. The van der Waals surface area contributed by atoms with Gasteiger partial charge in [-0.25, -0.2) is 13.4 Å². The van der Waals surface area contributed by atoms with Gasteiger partial charge in [0, 0.05) is 24.8 Å². The molecule has 1 atom stereocenters. The number of imidazole rings is 1. The first kappa shape index (κ1) is 23.3. The van der Waals surface area contributed by atoms with Gasteiger partial charge in [0.05, 0.1) is 41.4 Å². The second-order valence-corrected chi connectivity index (χ2v) is 9.62. The summed E-state index contributed by atoms with van der Waals surface area (Å²) >= 11 is 0. The second-order valence-electron chi connectivity index (χ2n) is 7.97. The van der Waals surface area contributed by atoms with Crippen molar-refractivity contribution in [2.45, 2.75) is 31.2 Å². The van der Waals surface area contributed by atoms with Gasteiger partial charge in [0.2, 0.25) is 5.91 Å². The Balaban J connectivity index is 1.61. The molecule has 1 unspecified atom stereocenters. The van der Waals surface area contributed by atoms with E-state index in [0.717, 1.165) is 17.0 Å². The molecule has 9 heteroatoms. The van der Waals surface area contributed by atoms with E-state index in [9.17, 15) is 13.2 Å². The molecule has 176 valence electrons. The van der Waals surface area contributed by atoms with Gasteiger partial charge in [-0.2, -0.15) is 0 Å². The number of anilines is 1. The standard InChI is InChI=1S/C25H26N4O4S/c1-17-15-29(16-26-17)23-13-12-21(14-24(23)33-3)28-34(31,32)25-7-5-4-6-22(25)19-8-10-20(11-9-19)27-18(2)30/h4-10,12-16,20,28H,11H2,1-3H3,(H,27,30). The molecule has 0 bridgehead atoms. The SMILES string of the molecule is COc1cc(NS(=O)(=O)c2ccccc2C2=CCC(NC(C)=O)C=C2)ccc1-n1cnc(C)c1. The zero-order valence-electron chi connectivity index (χ0n) is 19.1. The van der Waals surface area contributed by atoms with Crippen molar-refractivity contribution in [2.75, 3.05) is 11.8 Å². The number of aromatic nitrogens is 2. The number of sulfonamides is 1. The van der Waals surface area contributed by atoms with Crippen LogP contribution in [0.2, 0.25) is 0 Å².